The van der Waals surface area contributed by atoms with Crippen LogP contribution in [0.25, 0.3) is 116 Å². The zero-order chi connectivity index (χ0) is 59.5. The molecule has 3 aromatic heterocycles. The molecule has 4 nitrogen and oxygen atoms in total. The van der Waals surface area contributed by atoms with E-state index in [1.807, 2.05) is 9.13 Å². The lowest BCUT2D eigenvalue weighted by Gasteiger charge is -2.17. The minimum absolute atomic E-state index is 0.276. The SMILES string of the molecule is [C-]#[N+]c1cccc(-c2cc(-n3c4ccc(-c5cc(C)cc(C(F)(F)F)c5)cc4c4cc(-c5cc(C)cc(C(F)(F)F)c5)ccc43)ncc2-n2c3ccc(-c4cc(C)cc(C(F)(F)F)c4)cc3c3cc(-c4cc(C)cc(C(F)(F)F)c4)ccc32)c1. The fourth-order valence-electron chi connectivity index (χ4n) is 11.4. The summed E-state index contributed by atoms with van der Waals surface area (Å²) in [6.07, 6.45) is -17.0. The van der Waals surface area contributed by atoms with Crippen LogP contribution >= 0.6 is 0 Å². The number of benzene rings is 9. The molecule has 12 aromatic rings. The van der Waals surface area contributed by atoms with E-state index in [9.17, 15) is 52.7 Å². The van der Waals surface area contributed by atoms with Crippen LogP contribution in [-0.4, -0.2) is 14.1 Å². The predicted molar refractivity (Wildman–Crippen MR) is 305 cm³/mol. The second-order valence-electron chi connectivity index (χ2n) is 21.2. The second-order valence-corrected chi connectivity index (χ2v) is 21.2. The lowest BCUT2D eigenvalue weighted by molar-refractivity contribution is -0.138. The first-order chi connectivity index (χ1) is 39.7. The van der Waals surface area contributed by atoms with Crippen LogP contribution in [0.1, 0.15) is 44.5 Å². The number of hydrogen-bond donors (Lipinski definition) is 0. The molecule has 0 amide bonds. The third kappa shape index (κ3) is 10.1. The summed E-state index contributed by atoms with van der Waals surface area (Å²) in [7, 11) is 0. The number of pyridine rings is 1. The van der Waals surface area contributed by atoms with Crippen LogP contribution in [0.4, 0.5) is 58.4 Å². The molecule has 0 spiro atoms. The Balaban J connectivity index is 1.12. The van der Waals surface area contributed by atoms with Crippen LogP contribution < -0.4 is 0 Å². The summed E-state index contributed by atoms with van der Waals surface area (Å²) in [5, 5.41) is 2.14. The van der Waals surface area contributed by atoms with Gasteiger partial charge in [0.05, 0.1) is 62.8 Å². The third-order valence-electron chi connectivity index (χ3n) is 15.1. The van der Waals surface area contributed by atoms with Gasteiger partial charge in [-0.1, -0.05) is 66.7 Å². The molecule has 12 rings (SSSR count). The van der Waals surface area contributed by atoms with E-state index >= 15 is 0 Å². The maximum atomic E-state index is 14.3. The molecule has 0 atom stereocenters. The van der Waals surface area contributed by atoms with E-state index in [0.717, 1.165) is 48.5 Å². The van der Waals surface area contributed by atoms with Gasteiger partial charge in [-0.15, -0.1) is 0 Å². The van der Waals surface area contributed by atoms with E-state index in [2.05, 4.69) is 4.85 Å². The molecule has 0 fully saturated rings. The van der Waals surface area contributed by atoms with Crippen molar-refractivity contribution in [2.24, 2.45) is 0 Å². The Morgan fingerprint density at radius 3 is 1.00 bits per heavy atom. The minimum Gasteiger partial charge on any atom is -0.307 e. The second kappa shape index (κ2) is 19.8. The maximum Gasteiger partial charge on any atom is 0.416 e. The van der Waals surface area contributed by atoms with Gasteiger partial charge in [-0.2, -0.15) is 52.7 Å². The Labute approximate surface area is 471 Å². The molecule has 0 N–H and O–H groups in total. The average molecular weight is 1140 g/mol. The van der Waals surface area contributed by atoms with Crippen LogP contribution in [0.2, 0.25) is 0 Å². The quantitative estimate of drug-likeness (QED) is 0.115. The number of rotatable bonds is 7. The van der Waals surface area contributed by atoms with Crippen LogP contribution in [0, 0.1) is 34.3 Å². The van der Waals surface area contributed by atoms with Crippen molar-refractivity contribution in [3.8, 4) is 67.1 Å². The van der Waals surface area contributed by atoms with Crippen molar-refractivity contribution in [3.63, 3.8) is 0 Å². The standard InChI is InChI=1S/C68H42F12N4/c1-36-17-45(25-49(21-36)65(69,70)71)40-9-13-59-55(30-40)56-31-41(46-18-37(2)22-50(26-46)66(72,73)74)10-14-60(56)83(59)63-35-82-64(34-54(63)44-7-6-8-53(29-44)81-5)84-61-15-11-42(47-19-38(3)23-51(27-47)67(75,76)77)32-57(61)58-33-43(12-16-62(58)84)48-20-39(4)24-52(28-48)68(78,79)80/h6-35H,1-4H3. The molecule has 0 saturated carbocycles. The van der Waals surface area contributed by atoms with Gasteiger partial charge in [0, 0.05) is 27.1 Å². The van der Waals surface area contributed by atoms with Crippen molar-refractivity contribution >= 4 is 49.3 Å². The van der Waals surface area contributed by atoms with Crippen LogP contribution in [-0.2, 0) is 24.7 Å². The van der Waals surface area contributed by atoms with E-state index < -0.39 is 47.0 Å². The highest BCUT2D eigenvalue weighted by Crippen LogP contribution is 2.45. The molecule has 3 heterocycles. The zero-order valence-corrected chi connectivity index (χ0v) is 44.6. The van der Waals surface area contributed by atoms with Crippen molar-refractivity contribution in [1.82, 2.24) is 14.1 Å². The summed E-state index contributed by atoms with van der Waals surface area (Å²) < 4.78 is 175. The summed E-state index contributed by atoms with van der Waals surface area (Å²) >= 11 is 0. The first-order valence-corrected chi connectivity index (χ1v) is 26.1. The van der Waals surface area contributed by atoms with E-state index in [1.165, 1.54) is 0 Å². The summed E-state index contributed by atoms with van der Waals surface area (Å²) in [5.41, 5.74) is 4.85. The Morgan fingerprint density at radius 2 is 0.679 bits per heavy atom. The van der Waals surface area contributed by atoms with Gasteiger partial charge in [0.2, 0.25) is 0 Å². The molecule has 0 aliphatic rings. The summed E-state index contributed by atoms with van der Waals surface area (Å²) in [6, 6.07) is 44.3. The number of aryl methyl sites for hydroxylation is 4. The average Bonchev–Trinajstić information content (AvgIpc) is 1.98. The number of halogens is 12. The molecule has 0 saturated heterocycles. The van der Waals surface area contributed by atoms with Gasteiger partial charge in [0.1, 0.15) is 5.82 Å². The van der Waals surface area contributed by atoms with Gasteiger partial charge in [-0.3, -0.25) is 4.57 Å². The third-order valence-corrected chi connectivity index (χ3v) is 15.1. The first kappa shape index (κ1) is 54.9. The highest BCUT2D eigenvalue weighted by atomic mass is 19.4. The lowest BCUT2D eigenvalue weighted by Crippen LogP contribution is -2.05. The van der Waals surface area contributed by atoms with Crippen LogP contribution in [0.5, 0.6) is 0 Å². The molecule has 0 aliphatic heterocycles. The molecule has 0 radical (unpaired) electrons. The van der Waals surface area contributed by atoms with Crippen molar-refractivity contribution < 1.29 is 52.7 Å². The number of alkyl halides is 12. The number of fused-ring (bicyclic) bond motifs is 6. The first-order valence-electron chi connectivity index (χ1n) is 26.1. The maximum absolute atomic E-state index is 14.3. The highest BCUT2D eigenvalue weighted by Gasteiger charge is 2.34. The largest absolute Gasteiger partial charge is 0.416 e. The number of hydrogen-bond acceptors (Lipinski definition) is 1. The van der Waals surface area contributed by atoms with E-state index in [-0.39, 0.29) is 27.9 Å². The normalized spacial score (nSPS) is 12.5. The van der Waals surface area contributed by atoms with Gasteiger partial charge in [-0.05, 0) is 209 Å². The molecular weight excluding hydrogens is 1100 g/mol. The van der Waals surface area contributed by atoms with Gasteiger partial charge >= 0.3 is 24.7 Å². The molecule has 84 heavy (non-hydrogen) atoms. The summed E-state index contributed by atoms with van der Waals surface area (Å²) in [5.74, 6) is 0.317. The molecule has 0 bridgehead atoms. The summed E-state index contributed by atoms with van der Waals surface area (Å²) in [6.45, 7) is 14.2. The zero-order valence-electron chi connectivity index (χ0n) is 44.6. The fraction of sp³-hybridized carbons (Fsp3) is 0.118. The van der Waals surface area contributed by atoms with Gasteiger partial charge in [0.25, 0.3) is 0 Å². The molecule has 16 heteroatoms. The highest BCUT2D eigenvalue weighted by molar-refractivity contribution is 6.13. The minimum atomic E-state index is -4.65. The number of nitrogens with zero attached hydrogens (tertiary/aromatic N) is 4. The summed E-state index contributed by atoms with van der Waals surface area (Å²) in [4.78, 5) is 8.82. The molecule has 0 aliphatic carbocycles. The van der Waals surface area contributed by atoms with Crippen molar-refractivity contribution in [3.05, 3.63) is 238 Å². The Kier molecular flexibility index (Phi) is 12.9. The van der Waals surface area contributed by atoms with E-state index in [4.69, 9.17) is 11.6 Å². The molecule has 0 unspecified atom stereocenters. The van der Waals surface area contributed by atoms with Crippen molar-refractivity contribution in [2.45, 2.75) is 52.4 Å². The number of aromatic nitrogens is 3. The smallest absolute Gasteiger partial charge is 0.307 e. The van der Waals surface area contributed by atoms with Crippen molar-refractivity contribution in [2.75, 3.05) is 0 Å². The van der Waals surface area contributed by atoms with E-state index in [1.54, 1.807) is 161 Å². The molecule has 9 aromatic carbocycles. The predicted octanol–water partition coefficient (Wildman–Crippen LogP) is 21.5. The monoisotopic (exact) mass is 1140 g/mol. The molecule has 418 valence electrons. The topological polar surface area (TPSA) is 27.1 Å². The Morgan fingerprint density at radius 1 is 0.345 bits per heavy atom. The Hall–Kier alpha value is -9.62. The van der Waals surface area contributed by atoms with Gasteiger partial charge in [-0.25, -0.2) is 9.83 Å². The van der Waals surface area contributed by atoms with Gasteiger partial charge in [0.15, 0.2) is 5.69 Å². The van der Waals surface area contributed by atoms with Gasteiger partial charge < -0.3 is 4.57 Å². The lowest BCUT2D eigenvalue weighted by atomic mass is 9.96. The molecular formula is C68H42F12N4. The van der Waals surface area contributed by atoms with Crippen molar-refractivity contribution in [1.29, 1.82) is 0 Å². The fourth-order valence-corrected chi connectivity index (χ4v) is 11.4. The Bertz CT molecular complexity index is 4500. The van der Waals surface area contributed by atoms with E-state index in [0.29, 0.717) is 111 Å². The van der Waals surface area contributed by atoms with Crippen LogP contribution in [0.3, 0.4) is 0 Å². The van der Waals surface area contributed by atoms with Crippen LogP contribution in [0.15, 0.2) is 182 Å².